The van der Waals surface area contributed by atoms with Crippen molar-refractivity contribution in [1.82, 2.24) is 9.97 Å². The molecule has 5 rings (SSSR count). The zero-order valence-electron chi connectivity index (χ0n) is 22.0. The molecule has 0 bridgehead atoms. The molecule has 2 N–H and O–H groups in total. The lowest BCUT2D eigenvalue weighted by molar-refractivity contribution is 0.0986. The molecule has 0 aliphatic carbocycles. The van der Waals surface area contributed by atoms with E-state index in [0.29, 0.717) is 29.8 Å². The van der Waals surface area contributed by atoms with E-state index in [1.807, 2.05) is 98.8 Å². The Morgan fingerprint density at radius 2 is 1.44 bits per heavy atom. The summed E-state index contributed by atoms with van der Waals surface area (Å²) in [7, 11) is 0. The minimum absolute atomic E-state index is 0.113. The molecule has 0 atom stereocenters. The van der Waals surface area contributed by atoms with Crippen LogP contribution >= 0.6 is 0 Å². The van der Waals surface area contributed by atoms with E-state index >= 15 is 0 Å². The number of rotatable bonds is 8. The number of hydrogen-bond acceptors (Lipinski definition) is 3. The average Bonchev–Trinajstić information content (AvgIpc) is 3.30. The average molecular weight is 515 g/mol. The Bertz CT molecular complexity index is 1580. The van der Waals surface area contributed by atoms with Crippen LogP contribution in [0, 0.1) is 13.8 Å². The Morgan fingerprint density at radius 3 is 2.10 bits per heavy atom. The number of aryl methyl sites for hydroxylation is 2. The maximum atomic E-state index is 13.6. The normalized spacial score (nSPS) is 10.7. The Kier molecular flexibility index (Phi) is 7.64. The molecule has 6 heteroatoms. The minimum atomic E-state index is -0.205. The van der Waals surface area contributed by atoms with Gasteiger partial charge in [-0.05, 0) is 67.4 Å². The molecule has 0 fully saturated rings. The van der Waals surface area contributed by atoms with Gasteiger partial charge >= 0.3 is 0 Å². The first-order valence-corrected chi connectivity index (χ1v) is 12.9. The molecule has 194 valence electrons. The maximum absolute atomic E-state index is 13.6. The molecule has 0 aliphatic rings. The number of hydrogen-bond donors (Lipinski definition) is 2. The summed E-state index contributed by atoms with van der Waals surface area (Å²) < 4.78 is 0. The molecule has 4 aromatic carbocycles. The molecule has 0 unspecified atom stereocenters. The van der Waals surface area contributed by atoms with E-state index in [-0.39, 0.29) is 11.8 Å². The molecule has 0 saturated heterocycles. The SMILES string of the molecule is Cc1nc(CCN(C(=O)c2ccc(NC(=O)c3ccccc3-c3ccccc3)cc2)c2ccccc2)c(C)[nH]1. The first-order chi connectivity index (χ1) is 19.0. The fourth-order valence-corrected chi connectivity index (χ4v) is 4.68. The van der Waals surface area contributed by atoms with Gasteiger partial charge in [0.25, 0.3) is 11.8 Å². The van der Waals surface area contributed by atoms with Crippen molar-refractivity contribution in [3.05, 3.63) is 138 Å². The van der Waals surface area contributed by atoms with Crippen LogP contribution in [0.3, 0.4) is 0 Å². The summed E-state index contributed by atoms with van der Waals surface area (Å²) >= 11 is 0. The Morgan fingerprint density at radius 1 is 0.795 bits per heavy atom. The van der Waals surface area contributed by atoms with Crippen molar-refractivity contribution in [2.45, 2.75) is 20.3 Å². The number of imidazole rings is 1. The first-order valence-electron chi connectivity index (χ1n) is 12.9. The highest BCUT2D eigenvalue weighted by molar-refractivity contribution is 6.09. The second-order valence-corrected chi connectivity index (χ2v) is 9.38. The molecule has 39 heavy (non-hydrogen) atoms. The van der Waals surface area contributed by atoms with Crippen LogP contribution in [-0.4, -0.2) is 28.3 Å². The predicted octanol–water partition coefficient (Wildman–Crippen LogP) is 6.84. The highest BCUT2D eigenvalue weighted by Gasteiger charge is 2.19. The van der Waals surface area contributed by atoms with E-state index < -0.39 is 0 Å². The zero-order chi connectivity index (χ0) is 27.2. The Labute approximate surface area is 228 Å². The number of anilines is 2. The van der Waals surface area contributed by atoms with E-state index in [1.54, 1.807) is 29.2 Å². The van der Waals surface area contributed by atoms with Crippen molar-refractivity contribution in [3.8, 4) is 11.1 Å². The summed E-state index contributed by atoms with van der Waals surface area (Å²) in [6.45, 7) is 4.41. The van der Waals surface area contributed by atoms with Crippen LogP contribution in [0.5, 0.6) is 0 Å². The quantitative estimate of drug-likeness (QED) is 0.238. The van der Waals surface area contributed by atoms with Crippen molar-refractivity contribution in [2.75, 3.05) is 16.8 Å². The van der Waals surface area contributed by atoms with Gasteiger partial charge in [-0.15, -0.1) is 0 Å². The van der Waals surface area contributed by atoms with Crippen LogP contribution in [0.2, 0.25) is 0 Å². The van der Waals surface area contributed by atoms with Gasteiger partial charge < -0.3 is 15.2 Å². The van der Waals surface area contributed by atoms with E-state index in [2.05, 4.69) is 15.3 Å². The lowest BCUT2D eigenvalue weighted by atomic mass is 9.99. The number of aromatic nitrogens is 2. The standard InChI is InChI=1S/C33H30N4O2/c1-23-31(35-24(2)34-23)21-22-37(28-13-7-4-8-14-28)33(39)26-17-19-27(20-18-26)36-32(38)30-16-10-9-15-29(30)25-11-5-3-6-12-25/h3-20H,21-22H2,1-2H3,(H,34,35)(H,36,38). The number of nitrogens with one attached hydrogen (secondary N) is 2. The number of carbonyl (C=O) groups is 2. The third kappa shape index (κ3) is 5.96. The smallest absolute Gasteiger partial charge is 0.258 e. The maximum Gasteiger partial charge on any atom is 0.258 e. The third-order valence-corrected chi connectivity index (χ3v) is 6.64. The lowest BCUT2D eigenvalue weighted by Gasteiger charge is -2.23. The van der Waals surface area contributed by atoms with Crippen molar-refractivity contribution >= 4 is 23.2 Å². The number of benzene rings is 4. The highest BCUT2D eigenvalue weighted by Crippen LogP contribution is 2.25. The van der Waals surface area contributed by atoms with Gasteiger partial charge in [0.2, 0.25) is 0 Å². The van der Waals surface area contributed by atoms with E-state index in [4.69, 9.17) is 0 Å². The zero-order valence-corrected chi connectivity index (χ0v) is 22.0. The van der Waals surface area contributed by atoms with Gasteiger partial charge in [-0.1, -0.05) is 66.7 Å². The van der Waals surface area contributed by atoms with E-state index in [9.17, 15) is 9.59 Å². The lowest BCUT2D eigenvalue weighted by Crippen LogP contribution is -2.33. The van der Waals surface area contributed by atoms with Crippen LogP contribution in [0.1, 0.15) is 37.9 Å². The van der Waals surface area contributed by atoms with Crippen molar-refractivity contribution in [1.29, 1.82) is 0 Å². The summed E-state index contributed by atoms with van der Waals surface area (Å²) in [5.74, 6) is 0.548. The largest absolute Gasteiger partial charge is 0.346 e. The summed E-state index contributed by atoms with van der Waals surface area (Å²) in [5, 5.41) is 2.98. The van der Waals surface area contributed by atoms with E-state index in [1.165, 1.54) is 0 Å². The van der Waals surface area contributed by atoms with Gasteiger partial charge in [0, 0.05) is 41.2 Å². The molecular formula is C33H30N4O2. The monoisotopic (exact) mass is 514 g/mol. The summed E-state index contributed by atoms with van der Waals surface area (Å²) in [6.07, 6.45) is 0.631. The molecule has 1 aromatic heterocycles. The number of carbonyl (C=O) groups excluding carboxylic acids is 2. The van der Waals surface area contributed by atoms with Gasteiger partial charge in [0.05, 0.1) is 5.69 Å². The van der Waals surface area contributed by atoms with Gasteiger partial charge in [0.15, 0.2) is 0 Å². The number of amides is 2. The van der Waals surface area contributed by atoms with Crippen molar-refractivity contribution in [2.24, 2.45) is 0 Å². The number of para-hydroxylation sites is 1. The van der Waals surface area contributed by atoms with Crippen LogP contribution < -0.4 is 10.2 Å². The van der Waals surface area contributed by atoms with Crippen molar-refractivity contribution in [3.63, 3.8) is 0 Å². The van der Waals surface area contributed by atoms with Crippen LogP contribution in [-0.2, 0) is 6.42 Å². The van der Waals surface area contributed by atoms with E-state index in [0.717, 1.165) is 34.0 Å². The van der Waals surface area contributed by atoms with Gasteiger partial charge in [-0.2, -0.15) is 0 Å². The van der Waals surface area contributed by atoms with Gasteiger partial charge in [-0.3, -0.25) is 9.59 Å². The first kappa shape index (κ1) is 25.7. The van der Waals surface area contributed by atoms with Crippen molar-refractivity contribution < 1.29 is 9.59 Å². The Balaban J connectivity index is 1.33. The Hall–Kier alpha value is -4.97. The van der Waals surface area contributed by atoms with Crippen LogP contribution in [0.4, 0.5) is 11.4 Å². The van der Waals surface area contributed by atoms with Crippen LogP contribution in [0.25, 0.3) is 11.1 Å². The second-order valence-electron chi connectivity index (χ2n) is 9.38. The molecule has 6 nitrogen and oxygen atoms in total. The fourth-order valence-electron chi connectivity index (χ4n) is 4.68. The highest BCUT2D eigenvalue weighted by atomic mass is 16.2. The molecule has 1 heterocycles. The fraction of sp³-hybridized carbons (Fsp3) is 0.121. The molecular weight excluding hydrogens is 484 g/mol. The summed E-state index contributed by atoms with van der Waals surface area (Å²) in [6, 6.07) is 34.0. The number of aromatic amines is 1. The second kappa shape index (κ2) is 11.6. The minimum Gasteiger partial charge on any atom is -0.346 e. The number of H-pyrrole nitrogens is 1. The topological polar surface area (TPSA) is 78.1 Å². The van der Waals surface area contributed by atoms with Gasteiger partial charge in [0.1, 0.15) is 5.82 Å². The molecule has 0 spiro atoms. The molecule has 0 radical (unpaired) electrons. The molecule has 5 aromatic rings. The summed E-state index contributed by atoms with van der Waals surface area (Å²) in [5.41, 5.74) is 6.38. The summed E-state index contributed by atoms with van der Waals surface area (Å²) in [4.78, 5) is 36.4. The molecule has 2 amide bonds. The predicted molar refractivity (Wildman–Crippen MR) is 156 cm³/mol. The van der Waals surface area contributed by atoms with Gasteiger partial charge in [-0.25, -0.2) is 4.98 Å². The number of nitrogens with zero attached hydrogens (tertiary/aromatic N) is 2. The van der Waals surface area contributed by atoms with Crippen LogP contribution in [0.15, 0.2) is 109 Å². The third-order valence-electron chi connectivity index (χ3n) is 6.64. The molecule has 0 aliphatic heterocycles. The molecule has 0 saturated carbocycles.